The molecule has 0 aliphatic carbocycles. The van der Waals surface area contributed by atoms with Crippen LogP contribution in [-0.4, -0.2) is 146 Å². The quantitative estimate of drug-likeness (QED) is 0.0466. The summed E-state index contributed by atoms with van der Waals surface area (Å²) in [5, 5.41) is 9.15. The maximum Gasteiger partial charge on any atom is 0.303 e. The Labute approximate surface area is 382 Å². The number of hydrogen-bond donors (Lipinski definition) is 2. The van der Waals surface area contributed by atoms with Crippen molar-refractivity contribution >= 4 is 53.4 Å². The second-order valence-electron chi connectivity index (χ2n) is 16.1. The number of unbranched alkanes of at least 4 members (excludes halogenated alkanes) is 2. The second kappa shape index (κ2) is 24.2. The van der Waals surface area contributed by atoms with E-state index in [9.17, 15) is 43.7 Å². The van der Waals surface area contributed by atoms with Crippen LogP contribution in [0.3, 0.4) is 0 Å². The second-order valence-corrected chi connectivity index (χ2v) is 20.4. The number of methoxy groups -OCH3 is 2. The number of nitrogens with zero attached hydrogens (tertiary/aromatic N) is 2. The molecule has 0 radical (unpaired) electrons. The molecule has 0 saturated carbocycles. The fourth-order valence-electron chi connectivity index (χ4n) is 8.21. The van der Waals surface area contributed by atoms with Crippen LogP contribution in [0.5, 0.6) is 0 Å². The molecule has 2 aliphatic rings. The van der Waals surface area contributed by atoms with E-state index in [4.69, 9.17) is 28.8 Å². The third-order valence-corrected chi connectivity index (χ3v) is 14.0. The Bertz CT molecular complexity index is 2420. The largest absolute Gasteiger partial charge is 0.748 e. The minimum atomic E-state index is -4.87. The smallest absolute Gasteiger partial charge is 0.303 e. The molecule has 0 spiro atoms. The molecule has 0 bridgehead atoms. The molecule has 0 amide bonds. The first-order valence-electron chi connectivity index (χ1n) is 21.2. The Balaban J connectivity index is 1.71. The van der Waals surface area contributed by atoms with Crippen molar-refractivity contribution in [1.29, 1.82) is 0 Å². The summed E-state index contributed by atoms with van der Waals surface area (Å²) in [6.45, 7) is 7.50. The van der Waals surface area contributed by atoms with E-state index in [-0.39, 0.29) is 30.8 Å². The highest BCUT2D eigenvalue weighted by atomic mass is 32.2. The van der Waals surface area contributed by atoms with Crippen LogP contribution in [0.1, 0.15) is 69.9 Å². The van der Waals surface area contributed by atoms with E-state index in [0.717, 1.165) is 11.4 Å². The van der Waals surface area contributed by atoms with Gasteiger partial charge < -0.3 is 42.8 Å². The molecule has 2 heterocycles. The molecule has 18 nitrogen and oxygen atoms in total. The number of carbonyl (C=O) groups is 1. The van der Waals surface area contributed by atoms with Crippen molar-refractivity contribution in [2.45, 2.75) is 79.4 Å². The van der Waals surface area contributed by atoms with Gasteiger partial charge in [0.2, 0.25) is 5.69 Å². The molecule has 0 fully saturated rings. The van der Waals surface area contributed by atoms with Gasteiger partial charge in [-0.3, -0.25) is 9.35 Å². The SMILES string of the molecule is COCCOCCOCCOCCC1(C)C(=CC=CC=CC2=[N+](CCCCCC(=O)O)c3ccc(S(=O)(=O)[O-])cc3C2(C)CCCS(=O)(=O)[O-])N(CCOC)c2ccc(S(=O)(=O)O)cc21. The van der Waals surface area contributed by atoms with Crippen LogP contribution in [0.4, 0.5) is 11.4 Å². The van der Waals surface area contributed by atoms with Gasteiger partial charge in [0.25, 0.3) is 10.1 Å². The molecular formula is C44H61N2O16S3-. The Hall–Kier alpha value is -3.87. The van der Waals surface area contributed by atoms with E-state index >= 15 is 0 Å². The van der Waals surface area contributed by atoms with E-state index in [0.29, 0.717) is 108 Å². The maximum absolute atomic E-state index is 12.3. The number of benzene rings is 2. The van der Waals surface area contributed by atoms with Gasteiger partial charge in [0.05, 0.1) is 71.6 Å². The summed E-state index contributed by atoms with van der Waals surface area (Å²) in [5.41, 5.74) is 1.98. The number of ether oxygens (including phenoxy) is 5. The number of hydrogen-bond acceptors (Lipinski definition) is 15. The lowest BCUT2D eigenvalue weighted by Gasteiger charge is -2.30. The number of carboxylic acid groups (broad SMARTS) is 1. The molecule has 2 aromatic carbocycles. The minimum Gasteiger partial charge on any atom is -0.748 e. The third-order valence-electron chi connectivity index (χ3n) is 11.5. The van der Waals surface area contributed by atoms with Crippen molar-refractivity contribution in [3.8, 4) is 0 Å². The molecule has 2 aromatic rings. The number of anilines is 1. The van der Waals surface area contributed by atoms with Gasteiger partial charge in [-0.15, -0.1) is 0 Å². The van der Waals surface area contributed by atoms with Gasteiger partial charge in [-0.1, -0.05) is 18.2 Å². The minimum absolute atomic E-state index is 0.0112. The summed E-state index contributed by atoms with van der Waals surface area (Å²) in [6, 6.07) is 8.49. The molecule has 65 heavy (non-hydrogen) atoms. The van der Waals surface area contributed by atoms with Gasteiger partial charge in [0.1, 0.15) is 16.7 Å². The van der Waals surface area contributed by atoms with E-state index in [1.54, 1.807) is 51.5 Å². The first kappa shape index (κ1) is 53.7. The van der Waals surface area contributed by atoms with E-state index in [2.05, 4.69) is 0 Å². The van der Waals surface area contributed by atoms with Gasteiger partial charge in [0, 0.05) is 80.5 Å². The lowest BCUT2D eigenvalue weighted by atomic mass is 9.76. The highest BCUT2D eigenvalue weighted by Gasteiger charge is 2.48. The summed E-state index contributed by atoms with van der Waals surface area (Å²) in [4.78, 5) is 12.5. The Morgan fingerprint density at radius 2 is 1.37 bits per heavy atom. The van der Waals surface area contributed by atoms with Crippen molar-refractivity contribution in [3.05, 3.63) is 83.6 Å². The van der Waals surface area contributed by atoms with E-state index < -0.39 is 57.8 Å². The van der Waals surface area contributed by atoms with E-state index in [1.807, 2.05) is 22.5 Å². The molecule has 2 aliphatic heterocycles. The van der Waals surface area contributed by atoms with E-state index in [1.165, 1.54) is 30.3 Å². The van der Waals surface area contributed by atoms with Crippen LogP contribution in [0, 0.1) is 0 Å². The molecule has 4 rings (SSSR count). The zero-order valence-corrected chi connectivity index (χ0v) is 39.8. The fraction of sp³-hybridized carbons (Fsp3) is 0.545. The lowest BCUT2D eigenvalue weighted by molar-refractivity contribution is -0.438. The standard InChI is InChI=1S/C44H62N2O16S3/c1-43(19-11-31-63(49,50)51)36-32-34(64(52,53)54)15-17-38(36)45(21-10-6-9-14-42(47)48)40(43)12-7-5-8-13-41-44(2,20-23-60-27-28-62-30-29-61-26-25-59-4)37-33-35(65(55,56)57)16-18-39(37)46(41)22-24-58-3/h5,7-8,12-13,15-18,32-33H,6,9-11,14,19-31H2,1-4H3,(H3-,47,48,49,50,51,52,53,54,55,56,57)/p-1. The normalized spacial score (nSPS) is 19.6. The summed E-state index contributed by atoms with van der Waals surface area (Å²) in [5.74, 6) is -1.58. The van der Waals surface area contributed by atoms with Crippen LogP contribution < -0.4 is 4.90 Å². The molecule has 2 atom stereocenters. The van der Waals surface area contributed by atoms with Gasteiger partial charge in [-0.2, -0.15) is 13.0 Å². The molecule has 0 aromatic heterocycles. The van der Waals surface area contributed by atoms with Crippen molar-refractivity contribution in [1.82, 2.24) is 0 Å². The van der Waals surface area contributed by atoms with Crippen LogP contribution in [0.2, 0.25) is 0 Å². The van der Waals surface area contributed by atoms with Gasteiger partial charge in [-0.05, 0) is 87.9 Å². The zero-order chi connectivity index (χ0) is 47.9. The molecular weight excluding hydrogens is 909 g/mol. The fourth-order valence-corrected chi connectivity index (χ4v) is 9.71. The molecule has 21 heteroatoms. The van der Waals surface area contributed by atoms with Gasteiger partial charge in [0.15, 0.2) is 5.71 Å². The van der Waals surface area contributed by atoms with Crippen molar-refractivity contribution < 1.29 is 77.1 Å². The maximum atomic E-state index is 12.3. The first-order valence-corrected chi connectivity index (χ1v) is 25.7. The number of rotatable bonds is 30. The summed E-state index contributed by atoms with van der Waals surface area (Å²) < 4.78 is 136. The van der Waals surface area contributed by atoms with Crippen LogP contribution in [0.25, 0.3) is 0 Å². The number of allylic oxidation sites excluding steroid dienone is 6. The predicted molar refractivity (Wildman–Crippen MR) is 240 cm³/mol. The summed E-state index contributed by atoms with van der Waals surface area (Å²) in [6.07, 6.45) is 11.0. The Morgan fingerprint density at radius 3 is 1.98 bits per heavy atom. The predicted octanol–water partition coefficient (Wildman–Crippen LogP) is 4.67. The number of fused-ring (bicyclic) bond motifs is 2. The number of carboxylic acids is 1. The Morgan fingerprint density at radius 1 is 0.738 bits per heavy atom. The summed E-state index contributed by atoms with van der Waals surface area (Å²) >= 11 is 0. The third kappa shape index (κ3) is 15.1. The van der Waals surface area contributed by atoms with Crippen molar-refractivity contribution in [2.24, 2.45) is 0 Å². The monoisotopic (exact) mass is 969 g/mol. The van der Waals surface area contributed by atoms with Crippen molar-refractivity contribution in [2.75, 3.05) is 90.8 Å². The summed E-state index contributed by atoms with van der Waals surface area (Å²) in [7, 11) is -10.8. The van der Waals surface area contributed by atoms with Crippen molar-refractivity contribution in [3.63, 3.8) is 0 Å². The van der Waals surface area contributed by atoms with Crippen LogP contribution in [0.15, 0.2) is 82.3 Å². The average Bonchev–Trinajstić information content (AvgIpc) is 3.60. The highest BCUT2D eigenvalue weighted by molar-refractivity contribution is 7.86. The van der Waals surface area contributed by atoms with Crippen LogP contribution in [-0.2, 0) is 69.7 Å². The first-order chi connectivity index (χ1) is 30.7. The molecule has 2 unspecified atom stereocenters. The lowest BCUT2D eigenvalue weighted by Crippen LogP contribution is -2.32. The van der Waals surface area contributed by atoms with Gasteiger partial charge >= 0.3 is 5.97 Å². The molecule has 362 valence electrons. The zero-order valence-electron chi connectivity index (χ0n) is 37.3. The molecule has 0 saturated heterocycles. The van der Waals surface area contributed by atoms with Crippen LogP contribution >= 0.6 is 0 Å². The Kier molecular flexibility index (Phi) is 20.0. The number of aliphatic carboxylic acids is 1. The molecule has 2 N–H and O–H groups in total. The topological polar surface area (TPSA) is 258 Å². The van der Waals surface area contributed by atoms with Gasteiger partial charge in [-0.25, -0.2) is 16.8 Å². The highest BCUT2D eigenvalue weighted by Crippen LogP contribution is 2.51. The average molecular weight is 970 g/mol.